The van der Waals surface area contributed by atoms with Crippen LogP contribution in [0.15, 0.2) is 12.4 Å². The molecule has 0 bridgehead atoms. The Balaban J connectivity index is 1.64. The predicted octanol–water partition coefficient (Wildman–Crippen LogP) is 0.970. The number of sulfonamides is 1. The first-order valence-corrected chi connectivity index (χ1v) is 8.79. The lowest BCUT2D eigenvalue weighted by molar-refractivity contribution is 0.0932. The average molecular weight is 299 g/mol. The summed E-state index contributed by atoms with van der Waals surface area (Å²) in [6, 6.07) is -0.208. The van der Waals surface area contributed by atoms with Gasteiger partial charge in [-0.15, -0.1) is 0 Å². The molecule has 2 aliphatic rings. The Morgan fingerprint density at radius 1 is 1.45 bits per heavy atom. The largest absolute Gasteiger partial charge is 0.369 e. The normalized spacial score (nSPS) is 27.1. The van der Waals surface area contributed by atoms with E-state index < -0.39 is 10.0 Å². The van der Waals surface area contributed by atoms with Crippen molar-refractivity contribution in [3.63, 3.8) is 0 Å². The minimum Gasteiger partial charge on any atom is -0.369 e. The van der Waals surface area contributed by atoms with E-state index in [9.17, 15) is 8.42 Å². The second-order valence-electron chi connectivity index (χ2n) is 5.75. The van der Waals surface area contributed by atoms with Gasteiger partial charge in [0.2, 0.25) is 10.0 Å². The summed E-state index contributed by atoms with van der Waals surface area (Å²) in [4.78, 5) is 4.27. The molecule has 1 aromatic heterocycles. The first-order chi connectivity index (χ1) is 9.55. The van der Waals surface area contributed by atoms with E-state index >= 15 is 0 Å². The molecule has 3 rings (SSSR count). The number of rotatable bonds is 6. The highest BCUT2D eigenvalue weighted by atomic mass is 32.2. The molecule has 0 radical (unpaired) electrons. The Morgan fingerprint density at radius 3 is 2.90 bits per heavy atom. The van der Waals surface area contributed by atoms with Crippen LogP contribution in [0.4, 0.5) is 0 Å². The lowest BCUT2D eigenvalue weighted by atomic mass is 10.1. The Hall–Kier alpha value is -0.920. The van der Waals surface area contributed by atoms with E-state index in [0.29, 0.717) is 18.9 Å². The van der Waals surface area contributed by atoms with Crippen LogP contribution in [0.25, 0.3) is 0 Å². The van der Waals surface area contributed by atoms with Crippen LogP contribution in [0, 0.1) is 5.92 Å². The molecule has 0 aromatic carbocycles. The molecule has 1 saturated carbocycles. The molecule has 1 saturated heterocycles. The summed E-state index contributed by atoms with van der Waals surface area (Å²) in [7, 11) is -1.33. The Bertz CT molecular complexity index is 565. The Kier molecular flexibility index (Phi) is 3.83. The van der Waals surface area contributed by atoms with Crippen LogP contribution in [0.3, 0.4) is 0 Å². The zero-order valence-electron chi connectivity index (χ0n) is 11.7. The third kappa shape index (κ3) is 3.21. The maximum atomic E-state index is 12.1. The highest BCUT2D eigenvalue weighted by Crippen LogP contribution is 2.33. The lowest BCUT2D eigenvalue weighted by Gasteiger charge is -2.19. The van der Waals surface area contributed by atoms with Gasteiger partial charge in [-0.05, 0) is 18.8 Å². The van der Waals surface area contributed by atoms with Crippen molar-refractivity contribution in [2.75, 3.05) is 12.4 Å². The highest BCUT2D eigenvalue weighted by molar-refractivity contribution is 7.89. The van der Waals surface area contributed by atoms with Gasteiger partial charge in [0.15, 0.2) is 0 Å². The number of nitrogens with one attached hydrogen (secondary N) is 1. The van der Waals surface area contributed by atoms with Gasteiger partial charge in [-0.3, -0.25) is 0 Å². The minimum atomic E-state index is -3.22. The SMILES string of the molecule is Cn1ccnc1[C@H]1OCC[C@@H]1NS(=O)(=O)CCC1CC1. The summed E-state index contributed by atoms with van der Waals surface area (Å²) in [6.45, 7) is 0.563. The highest BCUT2D eigenvalue weighted by Gasteiger charge is 2.35. The monoisotopic (exact) mass is 299 g/mol. The van der Waals surface area contributed by atoms with Crippen LogP contribution in [0.1, 0.15) is 37.6 Å². The number of imidazole rings is 1. The van der Waals surface area contributed by atoms with E-state index in [1.54, 1.807) is 6.20 Å². The number of hydrogen-bond donors (Lipinski definition) is 1. The summed E-state index contributed by atoms with van der Waals surface area (Å²) in [6.07, 6.45) is 7.09. The first-order valence-electron chi connectivity index (χ1n) is 7.14. The maximum Gasteiger partial charge on any atom is 0.211 e. The van der Waals surface area contributed by atoms with Crippen LogP contribution >= 0.6 is 0 Å². The molecule has 0 amide bonds. The van der Waals surface area contributed by atoms with Crippen molar-refractivity contribution in [1.82, 2.24) is 14.3 Å². The fourth-order valence-corrected chi connectivity index (χ4v) is 4.10. The molecular weight excluding hydrogens is 278 g/mol. The van der Waals surface area contributed by atoms with E-state index in [-0.39, 0.29) is 17.9 Å². The molecule has 7 heteroatoms. The molecule has 1 aliphatic heterocycles. The molecule has 112 valence electrons. The second kappa shape index (κ2) is 5.46. The molecule has 1 aliphatic carbocycles. The fraction of sp³-hybridized carbons (Fsp3) is 0.769. The number of aromatic nitrogens is 2. The molecule has 2 heterocycles. The standard InChI is InChI=1S/C13H21N3O3S/c1-16-7-6-14-13(16)12-11(4-8-19-12)15-20(17,18)9-5-10-2-3-10/h6-7,10-12,15H,2-5,8-9H2,1H3/t11-,12-/m0/s1. The fourth-order valence-electron chi connectivity index (χ4n) is 2.63. The van der Waals surface area contributed by atoms with Crippen molar-refractivity contribution in [3.8, 4) is 0 Å². The summed E-state index contributed by atoms with van der Waals surface area (Å²) in [5, 5.41) is 0. The maximum absolute atomic E-state index is 12.1. The summed E-state index contributed by atoms with van der Waals surface area (Å²) >= 11 is 0. The van der Waals surface area contributed by atoms with Gasteiger partial charge < -0.3 is 9.30 Å². The van der Waals surface area contributed by atoms with Crippen LogP contribution in [-0.4, -0.2) is 36.4 Å². The second-order valence-corrected chi connectivity index (χ2v) is 7.63. The van der Waals surface area contributed by atoms with Gasteiger partial charge in [0, 0.05) is 26.0 Å². The van der Waals surface area contributed by atoms with Gasteiger partial charge in [-0.1, -0.05) is 12.8 Å². The van der Waals surface area contributed by atoms with Crippen LogP contribution < -0.4 is 4.72 Å². The molecule has 0 spiro atoms. The van der Waals surface area contributed by atoms with Crippen LogP contribution in [0.5, 0.6) is 0 Å². The smallest absolute Gasteiger partial charge is 0.211 e. The van der Waals surface area contributed by atoms with E-state index in [1.165, 1.54) is 12.8 Å². The third-order valence-electron chi connectivity index (χ3n) is 4.03. The molecular formula is C13H21N3O3S. The predicted molar refractivity (Wildman–Crippen MR) is 74.6 cm³/mol. The topological polar surface area (TPSA) is 73.2 Å². The zero-order chi connectivity index (χ0) is 14.2. The molecule has 6 nitrogen and oxygen atoms in total. The molecule has 1 N–H and O–H groups in total. The van der Waals surface area contributed by atoms with Gasteiger partial charge >= 0.3 is 0 Å². The first kappa shape index (κ1) is 14.0. The average Bonchev–Trinajstić information content (AvgIpc) is 2.98. The van der Waals surface area contributed by atoms with Crippen LogP contribution in [-0.2, 0) is 21.8 Å². The Morgan fingerprint density at radius 2 is 2.25 bits per heavy atom. The summed E-state index contributed by atoms with van der Waals surface area (Å²) in [5.74, 6) is 1.62. The van der Waals surface area contributed by atoms with Crippen molar-refractivity contribution >= 4 is 10.0 Å². The molecule has 2 atom stereocenters. The minimum absolute atomic E-state index is 0.208. The van der Waals surface area contributed by atoms with Gasteiger partial charge in [0.05, 0.1) is 11.8 Å². The van der Waals surface area contributed by atoms with Crippen molar-refractivity contribution in [3.05, 3.63) is 18.2 Å². The van der Waals surface area contributed by atoms with E-state index in [0.717, 1.165) is 12.2 Å². The molecule has 1 aromatic rings. The molecule has 2 fully saturated rings. The van der Waals surface area contributed by atoms with Crippen molar-refractivity contribution in [2.45, 2.75) is 37.8 Å². The summed E-state index contributed by atoms with van der Waals surface area (Å²) < 4.78 is 34.6. The van der Waals surface area contributed by atoms with Crippen molar-refractivity contribution < 1.29 is 13.2 Å². The Labute approximate surface area is 119 Å². The number of hydrogen-bond acceptors (Lipinski definition) is 4. The van der Waals surface area contributed by atoms with Gasteiger partial charge in [0.25, 0.3) is 0 Å². The van der Waals surface area contributed by atoms with E-state index in [4.69, 9.17) is 4.74 Å². The molecule has 20 heavy (non-hydrogen) atoms. The van der Waals surface area contributed by atoms with Crippen LogP contribution in [0.2, 0.25) is 0 Å². The quantitative estimate of drug-likeness (QED) is 0.849. The number of nitrogens with zero attached hydrogens (tertiary/aromatic N) is 2. The van der Waals surface area contributed by atoms with E-state index in [1.807, 2.05) is 17.8 Å². The lowest BCUT2D eigenvalue weighted by Crippen LogP contribution is -2.38. The third-order valence-corrected chi connectivity index (χ3v) is 5.46. The number of aryl methyl sites for hydroxylation is 1. The zero-order valence-corrected chi connectivity index (χ0v) is 12.5. The van der Waals surface area contributed by atoms with Gasteiger partial charge in [-0.2, -0.15) is 0 Å². The molecule has 0 unspecified atom stereocenters. The van der Waals surface area contributed by atoms with E-state index in [2.05, 4.69) is 9.71 Å². The van der Waals surface area contributed by atoms with Crippen molar-refractivity contribution in [2.24, 2.45) is 13.0 Å². The van der Waals surface area contributed by atoms with Crippen molar-refractivity contribution in [1.29, 1.82) is 0 Å². The van der Waals surface area contributed by atoms with Gasteiger partial charge in [-0.25, -0.2) is 18.1 Å². The van der Waals surface area contributed by atoms with Gasteiger partial charge in [0.1, 0.15) is 11.9 Å². The number of ether oxygens (including phenoxy) is 1. The summed E-state index contributed by atoms with van der Waals surface area (Å²) in [5.41, 5.74) is 0.